The van der Waals surface area contributed by atoms with Gasteiger partial charge in [0.1, 0.15) is 4.87 Å². The SMILES string of the molecule is CC(Cl)(C[N+](=O)[O-])c1cccnc1. The van der Waals surface area contributed by atoms with Crippen LogP contribution < -0.4 is 0 Å². The molecule has 4 nitrogen and oxygen atoms in total. The molecule has 1 aromatic rings. The number of nitro groups is 1. The Morgan fingerprint density at radius 3 is 2.92 bits per heavy atom. The van der Waals surface area contributed by atoms with E-state index in [1.165, 1.54) is 6.20 Å². The van der Waals surface area contributed by atoms with Crippen molar-refractivity contribution in [2.75, 3.05) is 6.54 Å². The van der Waals surface area contributed by atoms with Gasteiger partial charge in [0.15, 0.2) is 0 Å². The number of nitrogens with zero attached hydrogens (tertiary/aromatic N) is 2. The smallest absolute Gasteiger partial charge is 0.226 e. The first-order chi connectivity index (χ1) is 6.02. The Hall–Kier alpha value is -1.16. The van der Waals surface area contributed by atoms with Crippen molar-refractivity contribution in [3.05, 3.63) is 40.2 Å². The van der Waals surface area contributed by atoms with E-state index >= 15 is 0 Å². The van der Waals surface area contributed by atoms with E-state index in [1.54, 1.807) is 25.3 Å². The van der Waals surface area contributed by atoms with Crippen LogP contribution in [-0.2, 0) is 4.87 Å². The summed E-state index contributed by atoms with van der Waals surface area (Å²) in [5, 5.41) is 10.3. The van der Waals surface area contributed by atoms with Gasteiger partial charge in [0, 0.05) is 17.3 Å². The Morgan fingerprint density at radius 1 is 1.77 bits per heavy atom. The molecule has 0 aliphatic rings. The summed E-state index contributed by atoms with van der Waals surface area (Å²) in [6, 6.07) is 3.43. The topological polar surface area (TPSA) is 56.0 Å². The summed E-state index contributed by atoms with van der Waals surface area (Å²) < 4.78 is 0. The highest BCUT2D eigenvalue weighted by molar-refractivity contribution is 6.23. The number of halogens is 1. The summed E-state index contributed by atoms with van der Waals surface area (Å²) in [7, 11) is 0. The minimum Gasteiger partial charge on any atom is -0.264 e. The third-order valence-electron chi connectivity index (χ3n) is 1.69. The number of hydrogen-bond donors (Lipinski definition) is 0. The first kappa shape index (κ1) is 9.92. The minimum atomic E-state index is -0.974. The van der Waals surface area contributed by atoms with Crippen molar-refractivity contribution >= 4 is 11.6 Å². The van der Waals surface area contributed by atoms with Crippen molar-refractivity contribution in [1.29, 1.82) is 0 Å². The maximum Gasteiger partial charge on any atom is 0.226 e. The molecule has 0 aliphatic carbocycles. The zero-order valence-corrected chi connectivity index (χ0v) is 7.86. The lowest BCUT2D eigenvalue weighted by molar-refractivity contribution is -0.485. The zero-order valence-electron chi connectivity index (χ0n) is 7.11. The molecule has 0 fully saturated rings. The molecule has 0 N–H and O–H groups in total. The number of aromatic nitrogens is 1. The van der Waals surface area contributed by atoms with Crippen molar-refractivity contribution in [3.63, 3.8) is 0 Å². The van der Waals surface area contributed by atoms with Gasteiger partial charge in [-0.2, -0.15) is 0 Å². The molecule has 70 valence electrons. The lowest BCUT2D eigenvalue weighted by atomic mass is 10.0. The fourth-order valence-electron chi connectivity index (χ4n) is 1.00. The number of hydrogen-bond acceptors (Lipinski definition) is 3. The van der Waals surface area contributed by atoms with E-state index in [2.05, 4.69) is 4.98 Å². The molecule has 1 unspecified atom stereocenters. The molecular formula is C8H9ClN2O2. The molecule has 1 aromatic heterocycles. The number of rotatable bonds is 3. The Bertz CT molecular complexity index is 300. The van der Waals surface area contributed by atoms with Crippen LogP contribution in [-0.4, -0.2) is 16.5 Å². The predicted octanol–water partition coefficient (Wildman–Crippen LogP) is 1.81. The largest absolute Gasteiger partial charge is 0.264 e. The minimum absolute atomic E-state index is 0.305. The summed E-state index contributed by atoms with van der Waals surface area (Å²) in [4.78, 5) is 12.7. The quantitative estimate of drug-likeness (QED) is 0.425. The standard InChI is InChI=1S/C8H9ClN2O2/c1-8(9,6-11(12)13)7-3-2-4-10-5-7/h2-5H,6H2,1H3. The zero-order chi connectivity index (χ0) is 9.90. The first-order valence-electron chi connectivity index (χ1n) is 3.73. The highest BCUT2D eigenvalue weighted by Gasteiger charge is 2.29. The Kier molecular flexibility index (Phi) is 2.83. The van der Waals surface area contributed by atoms with E-state index in [0.29, 0.717) is 5.56 Å². The van der Waals surface area contributed by atoms with Crippen molar-refractivity contribution < 1.29 is 4.92 Å². The van der Waals surface area contributed by atoms with Gasteiger partial charge in [-0.3, -0.25) is 15.1 Å². The van der Waals surface area contributed by atoms with Crippen molar-refractivity contribution in [1.82, 2.24) is 4.98 Å². The van der Waals surface area contributed by atoms with Gasteiger partial charge in [-0.15, -0.1) is 11.6 Å². The third-order valence-corrected chi connectivity index (χ3v) is 2.03. The van der Waals surface area contributed by atoms with Crippen molar-refractivity contribution in [2.24, 2.45) is 0 Å². The Morgan fingerprint density at radius 2 is 2.46 bits per heavy atom. The van der Waals surface area contributed by atoms with Gasteiger partial charge in [-0.1, -0.05) is 6.07 Å². The fourth-order valence-corrected chi connectivity index (χ4v) is 1.21. The van der Waals surface area contributed by atoms with Crippen LogP contribution in [0.3, 0.4) is 0 Å². The van der Waals surface area contributed by atoms with Gasteiger partial charge >= 0.3 is 0 Å². The van der Waals surface area contributed by atoms with Crippen LogP contribution in [0.4, 0.5) is 0 Å². The highest BCUT2D eigenvalue weighted by Crippen LogP contribution is 2.27. The second-order valence-corrected chi connectivity index (χ2v) is 3.76. The Balaban J connectivity index is 2.87. The van der Waals surface area contributed by atoms with Crippen molar-refractivity contribution in [2.45, 2.75) is 11.8 Å². The van der Waals surface area contributed by atoms with Crippen LogP contribution >= 0.6 is 11.6 Å². The van der Waals surface area contributed by atoms with Crippen LogP contribution in [0, 0.1) is 10.1 Å². The van der Waals surface area contributed by atoms with Crippen LogP contribution in [0.25, 0.3) is 0 Å². The summed E-state index contributed by atoms with van der Waals surface area (Å²) in [6.45, 7) is 1.30. The molecule has 0 radical (unpaired) electrons. The summed E-state index contributed by atoms with van der Waals surface area (Å²) in [5.74, 6) is 0. The van der Waals surface area contributed by atoms with Crippen LogP contribution in [0.1, 0.15) is 12.5 Å². The van der Waals surface area contributed by atoms with Gasteiger partial charge in [-0.05, 0) is 18.6 Å². The van der Waals surface area contributed by atoms with E-state index < -0.39 is 9.80 Å². The molecule has 0 aromatic carbocycles. The van der Waals surface area contributed by atoms with Crippen LogP contribution in [0.5, 0.6) is 0 Å². The van der Waals surface area contributed by atoms with E-state index in [1.807, 2.05) is 0 Å². The lowest BCUT2D eigenvalue weighted by Gasteiger charge is -2.16. The van der Waals surface area contributed by atoms with E-state index in [-0.39, 0.29) is 6.54 Å². The molecule has 0 saturated carbocycles. The number of pyridine rings is 1. The van der Waals surface area contributed by atoms with Gasteiger partial charge in [0.25, 0.3) is 0 Å². The molecule has 13 heavy (non-hydrogen) atoms. The van der Waals surface area contributed by atoms with Crippen molar-refractivity contribution in [3.8, 4) is 0 Å². The van der Waals surface area contributed by atoms with Gasteiger partial charge in [0.05, 0.1) is 0 Å². The molecule has 1 heterocycles. The molecule has 1 atom stereocenters. The molecule has 1 rings (SSSR count). The summed E-state index contributed by atoms with van der Waals surface area (Å²) >= 11 is 5.97. The van der Waals surface area contributed by atoms with Crippen LogP contribution in [0.2, 0.25) is 0 Å². The molecule has 0 amide bonds. The summed E-state index contributed by atoms with van der Waals surface area (Å²) in [5.41, 5.74) is 0.661. The average Bonchev–Trinajstić information content (AvgIpc) is 2.04. The molecule has 0 spiro atoms. The average molecular weight is 201 g/mol. The third kappa shape index (κ3) is 2.66. The summed E-state index contributed by atoms with van der Waals surface area (Å²) in [6.07, 6.45) is 3.14. The maximum absolute atomic E-state index is 10.3. The van der Waals surface area contributed by atoms with Gasteiger partial charge in [0.2, 0.25) is 6.54 Å². The fraction of sp³-hybridized carbons (Fsp3) is 0.375. The number of alkyl halides is 1. The lowest BCUT2D eigenvalue weighted by Crippen LogP contribution is -2.24. The Labute approximate surface area is 80.7 Å². The molecule has 0 saturated heterocycles. The van der Waals surface area contributed by atoms with Gasteiger partial charge < -0.3 is 0 Å². The molecular weight excluding hydrogens is 192 g/mol. The molecule has 0 aliphatic heterocycles. The van der Waals surface area contributed by atoms with E-state index in [0.717, 1.165) is 0 Å². The molecule has 0 bridgehead atoms. The van der Waals surface area contributed by atoms with E-state index in [9.17, 15) is 10.1 Å². The van der Waals surface area contributed by atoms with Crippen LogP contribution in [0.15, 0.2) is 24.5 Å². The van der Waals surface area contributed by atoms with E-state index in [4.69, 9.17) is 11.6 Å². The first-order valence-corrected chi connectivity index (χ1v) is 4.11. The molecule has 5 heteroatoms. The second-order valence-electron chi connectivity index (χ2n) is 2.93. The predicted molar refractivity (Wildman–Crippen MR) is 49.3 cm³/mol. The monoisotopic (exact) mass is 200 g/mol. The maximum atomic E-state index is 10.3. The van der Waals surface area contributed by atoms with Gasteiger partial charge in [-0.25, -0.2) is 0 Å². The normalized spacial score (nSPS) is 14.9. The highest BCUT2D eigenvalue weighted by atomic mass is 35.5. The second kappa shape index (κ2) is 3.70.